The van der Waals surface area contributed by atoms with E-state index >= 15 is 0 Å². The van der Waals surface area contributed by atoms with Gasteiger partial charge < -0.3 is 10.2 Å². The fourth-order valence-corrected chi connectivity index (χ4v) is 2.43. The number of carbonyl (C=O) groups is 2. The average molecular weight is 469 g/mol. The van der Waals surface area contributed by atoms with Gasteiger partial charge in [0.2, 0.25) is 0 Å². The molecule has 2 N–H and O–H groups in total. The summed E-state index contributed by atoms with van der Waals surface area (Å²) in [6, 6.07) is 5.50. The summed E-state index contributed by atoms with van der Waals surface area (Å²) in [5.74, 6) is -0.956. The van der Waals surface area contributed by atoms with Gasteiger partial charge in [0.1, 0.15) is 0 Å². The first-order valence-corrected chi connectivity index (χ1v) is 6.08. The predicted molar refractivity (Wildman–Crippen MR) is 68.4 cm³/mol. The maximum Gasteiger partial charge on any atom is 0.262 e. The third-order valence-electron chi connectivity index (χ3n) is 3.27. The average Bonchev–Trinajstić information content (AvgIpc) is 2.53. The Labute approximate surface area is 149 Å². The summed E-state index contributed by atoms with van der Waals surface area (Å²) in [4.78, 5) is 25.5. The molecule has 2 rings (SSSR count). The number of nitrogens with zero attached hydrogens (tertiary/aromatic N) is 1. The Morgan fingerprint density at radius 1 is 0.952 bits per heavy atom. The van der Waals surface area contributed by atoms with Gasteiger partial charge in [-0.25, -0.2) is 0 Å². The monoisotopic (exact) mass is 469 g/mol. The molecule has 1 aromatic rings. The first kappa shape index (κ1) is 20.5. The minimum absolute atomic E-state index is 0. The number of hydrogen-bond donors (Lipinski definition) is 2. The fraction of sp³-hybridized carbons (Fsp3) is 0.429. The van der Waals surface area contributed by atoms with Crippen molar-refractivity contribution in [2.24, 2.45) is 5.41 Å². The number of carbonyl (C=O) groups excluding carboxylic acids is 2. The van der Waals surface area contributed by atoms with Crippen LogP contribution in [0.4, 0.5) is 0 Å². The largest absolute Gasteiger partial charge is 0.366 e. The number of hydrogen-bond acceptors (Lipinski definition) is 4. The van der Waals surface area contributed by atoms with E-state index < -0.39 is 29.6 Å². The van der Waals surface area contributed by atoms with E-state index in [9.17, 15) is 19.8 Å². The Kier molecular flexibility index (Phi) is 7.03. The van der Waals surface area contributed by atoms with E-state index in [2.05, 4.69) is 0 Å². The van der Waals surface area contributed by atoms with Crippen LogP contribution in [0.25, 0.3) is 0 Å². The summed E-state index contributed by atoms with van der Waals surface area (Å²) in [5.41, 5.74) is -0.0218. The van der Waals surface area contributed by atoms with Gasteiger partial charge in [-0.1, -0.05) is 32.9 Å². The molecule has 5 nitrogen and oxygen atoms in total. The number of amides is 2. The number of rotatable bonds is 2. The van der Waals surface area contributed by atoms with Crippen molar-refractivity contribution < 1.29 is 58.8 Å². The first-order valence-electron chi connectivity index (χ1n) is 6.08. The van der Waals surface area contributed by atoms with Gasteiger partial charge in [-0.05, 0) is 17.5 Å². The zero-order chi connectivity index (χ0) is 14.4. The van der Waals surface area contributed by atoms with Crippen molar-refractivity contribution in [3.63, 3.8) is 0 Å². The van der Waals surface area contributed by atoms with Crippen LogP contribution < -0.4 is 0 Å². The molecule has 0 spiro atoms. The molecule has 1 aromatic carbocycles. The van der Waals surface area contributed by atoms with Gasteiger partial charge in [0.05, 0.1) is 17.2 Å². The van der Waals surface area contributed by atoms with E-state index in [1.165, 1.54) is 0 Å². The summed E-state index contributed by atoms with van der Waals surface area (Å²) in [6.45, 7) is 5.25. The molecule has 0 unspecified atom stereocenters. The van der Waals surface area contributed by atoms with Gasteiger partial charge in [-0.2, -0.15) is 0 Å². The van der Waals surface area contributed by atoms with Crippen molar-refractivity contribution in [1.29, 1.82) is 0 Å². The summed E-state index contributed by atoms with van der Waals surface area (Å²) in [7, 11) is 0. The van der Waals surface area contributed by atoms with Crippen LogP contribution in [-0.4, -0.2) is 39.3 Å². The van der Waals surface area contributed by atoms with Gasteiger partial charge in [0, 0.05) is 39.0 Å². The molecule has 1 aliphatic heterocycles. The number of imide groups is 1. The Morgan fingerprint density at radius 2 is 1.33 bits per heavy atom. The molecule has 0 bridgehead atoms. The normalized spacial score (nSPS) is 15.4. The van der Waals surface area contributed by atoms with Gasteiger partial charge in [0.15, 0.2) is 6.29 Å². The van der Waals surface area contributed by atoms with Gasteiger partial charge >= 0.3 is 0 Å². The number of aliphatic hydroxyl groups is 2. The molecule has 21 heavy (non-hydrogen) atoms. The summed E-state index contributed by atoms with van der Waals surface area (Å²) < 4.78 is 0. The van der Waals surface area contributed by atoms with E-state index in [0.29, 0.717) is 11.1 Å². The molecule has 2 radical (unpaired) electrons. The van der Waals surface area contributed by atoms with Gasteiger partial charge in [0.25, 0.3) is 11.8 Å². The third-order valence-corrected chi connectivity index (χ3v) is 3.27. The maximum atomic E-state index is 12.3. The zero-order valence-electron chi connectivity index (χ0n) is 11.8. The molecule has 0 aromatic heterocycles. The van der Waals surface area contributed by atoms with Crippen molar-refractivity contribution in [3.05, 3.63) is 35.4 Å². The fourth-order valence-electron chi connectivity index (χ4n) is 2.43. The first-order chi connectivity index (χ1) is 8.75. The minimum Gasteiger partial charge on any atom is -0.366 e. The van der Waals surface area contributed by atoms with Gasteiger partial charge in [-0.3, -0.25) is 14.5 Å². The van der Waals surface area contributed by atoms with E-state index in [1.54, 1.807) is 45.0 Å². The van der Waals surface area contributed by atoms with Crippen molar-refractivity contribution in [2.45, 2.75) is 33.1 Å². The second kappa shape index (κ2) is 7.19. The topological polar surface area (TPSA) is 77.8 Å². The Hall–Kier alpha value is -0.473. The number of aliphatic hydroxyl groups excluding tert-OH is 1. The maximum absolute atomic E-state index is 12.3. The summed E-state index contributed by atoms with van der Waals surface area (Å²) in [6.07, 6.45) is -1.78. The molecular formula is C14H17NO4Rh2. The molecule has 1 atom stereocenters. The molecule has 0 aliphatic carbocycles. The zero-order valence-corrected chi connectivity index (χ0v) is 15.1. The van der Waals surface area contributed by atoms with E-state index in [4.69, 9.17) is 0 Å². The predicted octanol–water partition coefficient (Wildman–Crippen LogP) is 1.00. The van der Waals surface area contributed by atoms with E-state index in [0.717, 1.165) is 4.90 Å². The minimum atomic E-state index is -1.78. The summed E-state index contributed by atoms with van der Waals surface area (Å²) >= 11 is 0. The molecule has 0 saturated heterocycles. The van der Waals surface area contributed by atoms with Crippen LogP contribution in [0.3, 0.4) is 0 Å². The second-order valence-electron chi connectivity index (χ2n) is 5.75. The van der Waals surface area contributed by atoms with Crippen LogP contribution in [-0.2, 0) is 39.0 Å². The number of benzene rings is 1. The molecule has 1 aliphatic rings. The molecule has 120 valence electrons. The standard InChI is InChI=1S/C14H17NO4.2Rh/c1-14(2,3)10(13(18)19)15-11(16)8-6-4-5-7-9(8)12(15)17;;/h4-7,10,13,18-19H,1-3H3;;/t10-;;/m1../s1. The summed E-state index contributed by atoms with van der Waals surface area (Å²) in [5, 5.41) is 19.1. The second-order valence-corrected chi connectivity index (χ2v) is 5.75. The van der Waals surface area contributed by atoms with Crippen LogP contribution in [0, 0.1) is 5.41 Å². The van der Waals surface area contributed by atoms with Crippen molar-refractivity contribution in [3.8, 4) is 0 Å². The SMILES string of the molecule is CC(C)(C)[C@@H](C(O)O)N1C(=O)c2ccccc2C1=O.[Rh].[Rh]. The number of fused-ring (bicyclic) bond motifs is 1. The smallest absolute Gasteiger partial charge is 0.262 e. The Morgan fingerprint density at radius 3 is 1.62 bits per heavy atom. The van der Waals surface area contributed by atoms with Crippen LogP contribution in [0.15, 0.2) is 24.3 Å². The third kappa shape index (κ3) is 3.65. The van der Waals surface area contributed by atoms with E-state index in [-0.39, 0.29) is 39.0 Å². The molecule has 0 fully saturated rings. The molecule has 7 heteroatoms. The van der Waals surface area contributed by atoms with Crippen molar-refractivity contribution in [2.75, 3.05) is 0 Å². The quantitative estimate of drug-likeness (QED) is 0.385. The van der Waals surface area contributed by atoms with Crippen LogP contribution in [0.5, 0.6) is 0 Å². The molecule has 0 saturated carbocycles. The van der Waals surface area contributed by atoms with Crippen LogP contribution >= 0.6 is 0 Å². The van der Waals surface area contributed by atoms with Crippen molar-refractivity contribution >= 4 is 11.8 Å². The molecule has 1 heterocycles. The van der Waals surface area contributed by atoms with E-state index in [1.807, 2.05) is 0 Å². The molecular weight excluding hydrogens is 452 g/mol. The Bertz CT molecular complexity index is 505. The Balaban J connectivity index is 0.00000200. The van der Waals surface area contributed by atoms with Crippen molar-refractivity contribution in [1.82, 2.24) is 4.90 Å². The van der Waals surface area contributed by atoms with Crippen LogP contribution in [0.1, 0.15) is 41.5 Å². The molecule has 2 amide bonds. The van der Waals surface area contributed by atoms with Crippen LogP contribution in [0.2, 0.25) is 0 Å². The van der Waals surface area contributed by atoms with Gasteiger partial charge in [-0.15, -0.1) is 0 Å².